The first-order valence-corrected chi connectivity index (χ1v) is 8.52. The lowest BCUT2D eigenvalue weighted by Gasteiger charge is -2.35. The minimum Gasteiger partial charge on any atom is -0.389 e. The van der Waals surface area contributed by atoms with Gasteiger partial charge in [-0.05, 0) is 18.5 Å². The summed E-state index contributed by atoms with van der Waals surface area (Å²) in [6, 6.07) is 10.3. The van der Waals surface area contributed by atoms with Crippen molar-refractivity contribution in [3.63, 3.8) is 0 Å². The van der Waals surface area contributed by atoms with Gasteiger partial charge in [0, 0.05) is 32.7 Å². The number of nitrogens with zero attached hydrogens (tertiary/aromatic N) is 2. The quantitative estimate of drug-likeness (QED) is 0.798. The fourth-order valence-corrected chi connectivity index (χ4v) is 2.98. The first-order chi connectivity index (χ1) is 10.7. The summed E-state index contributed by atoms with van der Waals surface area (Å²) in [5, 5.41) is 10.2. The first-order valence-electron chi connectivity index (χ1n) is 8.52. The summed E-state index contributed by atoms with van der Waals surface area (Å²) in [7, 11) is 0. The van der Waals surface area contributed by atoms with Crippen LogP contribution in [0.1, 0.15) is 31.9 Å². The van der Waals surface area contributed by atoms with Crippen LogP contribution in [0.2, 0.25) is 0 Å². The lowest BCUT2D eigenvalue weighted by atomic mass is 10.1. The van der Waals surface area contributed by atoms with Crippen LogP contribution < -0.4 is 0 Å². The number of aliphatic hydroxyl groups is 1. The maximum atomic E-state index is 10.2. The molecule has 22 heavy (non-hydrogen) atoms. The molecule has 1 aromatic carbocycles. The van der Waals surface area contributed by atoms with E-state index in [1.807, 2.05) is 18.2 Å². The Labute approximate surface area is 134 Å². The second-order valence-corrected chi connectivity index (χ2v) is 6.03. The average molecular weight is 306 g/mol. The van der Waals surface area contributed by atoms with Crippen LogP contribution in [0, 0.1) is 0 Å². The molecule has 1 N–H and O–H groups in total. The van der Waals surface area contributed by atoms with E-state index in [4.69, 9.17) is 4.74 Å². The van der Waals surface area contributed by atoms with E-state index in [2.05, 4.69) is 35.8 Å². The van der Waals surface area contributed by atoms with Crippen LogP contribution in [0.4, 0.5) is 0 Å². The Balaban J connectivity index is 1.72. The molecule has 0 amide bonds. The van der Waals surface area contributed by atoms with Crippen molar-refractivity contribution in [1.82, 2.24) is 9.80 Å². The van der Waals surface area contributed by atoms with E-state index >= 15 is 0 Å². The average Bonchev–Trinajstić information content (AvgIpc) is 2.57. The van der Waals surface area contributed by atoms with Crippen molar-refractivity contribution in [1.29, 1.82) is 0 Å². The van der Waals surface area contributed by atoms with Gasteiger partial charge in [0.2, 0.25) is 0 Å². The fraction of sp³-hybridized carbons (Fsp3) is 0.667. The van der Waals surface area contributed by atoms with Gasteiger partial charge in [-0.1, -0.05) is 44.2 Å². The molecule has 0 bridgehead atoms. The van der Waals surface area contributed by atoms with Crippen molar-refractivity contribution in [3.8, 4) is 0 Å². The summed E-state index contributed by atoms with van der Waals surface area (Å²) < 4.78 is 5.94. The third-order valence-electron chi connectivity index (χ3n) is 4.41. The molecule has 4 heteroatoms. The second kappa shape index (κ2) is 9.26. The Hall–Kier alpha value is -0.940. The minimum absolute atomic E-state index is 0.0767. The van der Waals surface area contributed by atoms with E-state index in [0.29, 0.717) is 13.2 Å². The molecule has 1 aliphatic rings. The number of aliphatic hydroxyl groups excluding tert-OH is 1. The molecule has 1 fully saturated rings. The van der Waals surface area contributed by atoms with E-state index < -0.39 is 6.10 Å². The molecule has 1 aliphatic heterocycles. The van der Waals surface area contributed by atoms with Crippen molar-refractivity contribution in [2.45, 2.75) is 32.5 Å². The number of hydrogen-bond donors (Lipinski definition) is 1. The molecule has 2 rings (SSSR count). The van der Waals surface area contributed by atoms with Crippen LogP contribution in [0.3, 0.4) is 0 Å². The number of hydrogen-bond acceptors (Lipinski definition) is 4. The molecule has 0 aromatic heterocycles. The Morgan fingerprint density at radius 1 is 1.05 bits per heavy atom. The van der Waals surface area contributed by atoms with Crippen LogP contribution in [-0.2, 0) is 4.74 Å². The van der Waals surface area contributed by atoms with E-state index in [0.717, 1.165) is 39.1 Å². The van der Waals surface area contributed by atoms with Gasteiger partial charge in [0.25, 0.3) is 0 Å². The zero-order valence-corrected chi connectivity index (χ0v) is 13.9. The highest BCUT2D eigenvalue weighted by Crippen LogP contribution is 2.20. The third-order valence-corrected chi connectivity index (χ3v) is 4.41. The molecule has 4 nitrogen and oxygen atoms in total. The largest absolute Gasteiger partial charge is 0.389 e. The Kier molecular flexibility index (Phi) is 7.33. The molecule has 0 spiro atoms. The van der Waals surface area contributed by atoms with Crippen molar-refractivity contribution in [2.75, 3.05) is 45.9 Å². The van der Waals surface area contributed by atoms with Gasteiger partial charge in [0.15, 0.2) is 0 Å². The Morgan fingerprint density at radius 2 is 1.68 bits per heavy atom. The van der Waals surface area contributed by atoms with Crippen molar-refractivity contribution < 1.29 is 9.84 Å². The van der Waals surface area contributed by atoms with Crippen LogP contribution in [-0.4, -0.2) is 66.9 Å². The zero-order valence-electron chi connectivity index (χ0n) is 13.9. The molecule has 0 radical (unpaired) electrons. The molecule has 0 saturated carbocycles. The first kappa shape index (κ1) is 17.4. The van der Waals surface area contributed by atoms with Crippen LogP contribution in [0.5, 0.6) is 0 Å². The summed E-state index contributed by atoms with van der Waals surface area (Å²) in [5.74, 6) is 0. The zero-order chi connectivity index (χ0) is 15.8. The van der Waals surface area contributed by atoms with Crippen LogP contribution >= 0.6 is 0 Å². The Bertz CT molecular complexity index is 405. The van der Waals surface area contributed by atoms with Crippen LogP contribution in [0.15, 0.2) is 30.3 Å². The summed E-state index contributed by atoms with van der Waals surface area (Å²) in [6.45, 7) is 10.8. The number of rotatable bonds is 8. The van der Waals surface area contributed by atoms with Crippen molar-refractivity contribution in [2.24, 2.45) is 0 Å². The summed E-state index contributed by atoms with van der Waals surface area (Å²) >= 11 is 0. The van der Waals surface area contributed by atoms with Gasteiger partial charge < -0.3 is 14.7 Å². The molecule has 0 aliphatic carbocycles. The van der Waals surface area contributed by atoms with E-state index in [1.165, 1.54) is 5.56 Å². The monoisotopic (exact) mass is 306 g/mol. The molecule has 1 aromatic rings. The molecule has 1 heterocycles. The van der Waals surface area contributed by atoms with Crippen molar-refractivity contribution >= 4 is 0 Å². The lowest BCUT2D eigenvalue weighted by molar-refractivity contribution is -0.0279. The SMILES string of the molecule is CC[C@@H](OC[C@@H](O)CN1CCN(CC)CC1)c1ccccc1. The molecule has 124 valence electrons. The molecular weight excluding hydrogens is 276 g/mol. The number of benzene rings is 1. The summed E-state index contributed by atoms with van der Waals surface area (Å²) in [4.78, 5) is 4.78. The predicted molar refractivity (Wildman–Crippen MR) is 90.0 cm³/mol. The predicted octanol–water partition coefficient (Wildman–Crippen LogP) is 2.15. The van der Waals surface area contributed by atoms with Crippen molar-refractivity contribution in [3.05, 3.63) is 35.9 Å². The van der Waals surface area contributed by atoms with Gasteiger partial charge in [-0.25, -0.2) is 0 Å². The molecular formula is C18H30N2O2. The van der Waals surface area contributed by atoms with Gasteiger partial charge in [-0.2, -0.15) is 0 Å². The van der Waals surface area contributed by atoms with Gasteiger partial charge >= 0.3 is 0 Å². The Morgan fingerprint density at radius 3 is 2.27 bits per heavy atom. The topological polar surface area (TPSA) is 35.9 Å². The molecule has 0 unspecified atom stereocenters. The highest BCUT2D eigenvalue weighted by atomic mass is 16.5. The smallest absolute Gasteiger partial charge is 0.0900 e. The maximum Gasteiger partial charge on any atom is 0.0900 e. The second-order valence-electron chi connectivity index (χ2n) is 6.03. The maximum absolute atomic E-state index is 10.2. The molecule has 2 atom stereocenters. The highest BCUT2D eigenvalue weighted by molar-refractivity contribution is 5.17. The van der Waals surface area contributed by atoms with E-state index in [1.54, 1.807) is 0 Å². The number of ether oxygens (including phenoxy) is 1. The van der Waals surface area contributed by atoms with Gasteiger partial charge in [-0.3, -0.25) is 4.90 Å². The number of β-amino-alcohol motifs (C(OH)–C–C–N with tert-alkyl or cyclic N) is 1. The normalized spacial score (nSPS) is 20.0. The fourth-order valence-electron chi connectivity index (χ4n) is 2.98. The summed E-state index contributed by atoms with van der Waals surface area (Å²) in [6.07, 6.45) is 0.588. The third kappa shape index (κ3) is 5.36. The van der Waals surface area contributed by atoms with Gasteiger partial charge in [-0.15, -0.1) is 0 Å². The van der Waals surface area contributed by atoms with Gasteiger partial charge in [0.05, 0.1) is 18.8 Å². The lowest BCUT2D eigenvalue weighted by Crippen LogP contribution is -2.48. The standard InChI is InChI=1S/C18H30N2O2/c1-3-18(16-8-6-5-7-9-16)22-15-17(21)14-20-12-10-19(4-2)11-13-20/h5-9,17-18,21H,3-4,10-15H2,1-2H3/t17-,18+/m0/s1. The van der Waals surface area contributed by atoms with E-state index in [9.17, 15) is 5.11 Å². The van der Waals surface area contributed by atoms with E-state index in [-0.39, 0.29) is 6.10 Å². The minimum atomic E-state index is -0.411. The molecule has 1 saturated heterocycles. The highest BCUT2D eigenvalue weighted by Gasteiger charge is 2.19. The summed E-state index contributed by atoms with van der Waals surface area (Å²) in [5.41, 5.74) is 1.19. The number of piperazine rings is 1. The number of likely N-dealkylation sites (N-methyl/N-ethyl adjacent to an activating group) is 1. The van der Waals surface area contributed by atoms with Gasteiger partial charge in [0.1, 0.15) is 0 Å². The van der Waals surface area contributed by atoms with Crippen LogP contribution in [0.25, 0.3) is 0 Å².